The lowest BCUT2D eigenvalue weighted by molar-refractivity contribution is -0.151. The third kappa shape index (κ3) is 2.24. The fraction of sp³-hybridized carbons (Fsp3) is 0.364. The number of methoxy groups -OCH3 is 1. The fourth-order valence-electron chi connectivity index (χ4n) is 1.59. The predicted molar refractivity (Wildman–Crippen MR) is 64.0 cm³/mol. The maximum atomic E-state index is 11.2. The number of hydrogen-bond donors (Lipinski definition) is 0. The van der Waals surface area contributed by atoms with Crippen molar-refractivity contribution in [3.05, 3.63) is 27.7 Å². The number of benzene rings is 1. The van der Waals surface area contributed by atoms with Gasteiger partial charge in [0.15, 0.2) is 11.9 Å². The fourth-order valence-corrected chi connectivity index (χ4v) is 2.37. The van der Waals surface area contributed by atoms with Crippen LogP contribution < -0.4 is 4.74 Å². The Morgan fingerprint density at radius 1 is 1.50 bits per heavy atom. The van der Waals surface area contributed by atoms with E-state index in [9.17, 15) is 4.79 Å². The van der Waals surface area contributed by atoms with Gasteiger partial charge in [-0.15, -0.1) is 0 Å². The second-order valence-corrected chi connectivity index (χ2v) is 4.85. The second-order valence-electron chi connectivity index (χ2n) is 3.56. The maximum Gasteiger partial charge on any atom is 0.169 e. The quantitative estimate of drug-likeness (QED) is 0.861. The van der Waals surface area contributed by atoms with Crippen LogP contribution in [0.25, 0.3) is 0 Å². The van der Waals surface area contributed by atoms with E-state index < -0.39 is 6.10 Å². The first-order valence-electron chi connectivity index (χ1n) is 4.79. The van der Waals surface area contributed by atoms with Crippen LogP contribution >= 0.6 is 27.5 Å². The van der Waals surface area contributed by atoms with Gasteiger partial charge in [0.25, 0.3) is 0 Å². The molecule has 1 aliphatic rings. The molecule has 1 fully saturated rings. The van der Waals surface area contributed by atoms with Crippen molar-refractivity contribution in [2.24, 2.45) is 0 Å². The number of rotatable bonds is 3. The molecule has 16 heavy (non-hydrogen) atoms. The summed E-state index contributed by atoms with van der Waals surface area (Å²) in [5.41, 5.74) is 0. The highest BCUT2D eigenvalue weighted by Gasteiger charge is 2.42. The molecular formula is C11H10BrClO3. The monoisotopic (exact) mass is 304 g/mol. The summed E-state index contributed by atoms with van der Waals surface area (Å²) < 4.78 is 11.5. The Hall–Kier alpha value is -0.580. The summed E-state index contributed by atoms with van der Waals surface area (Å²) in [5, 5.41) is 0.632. The van der Waals surface area contributed by atoms with Crippen LogP contribution in [0.3, 0.4) is 0 Å². The SMILES string of the molecule is COC1C(=O)CC1Oc1ccc(Cl)cc1Br. The summed E-state index contributed by atoms with van der Waals surface area (Å²) in [5.74, 6) is 0.751. The van der Waals surface area contributed by atoms with E-state index in [4.69, 9.17) is 21.1 Å². The van der Waals surface area contributed by atoms with Crippen molar-refractivity contribution in [3.8, 4) is 5.75 Å². The van der Waals surface area contributed by atoms with Crippen molar-refractivity contribution in [2.75, 3.05) is 7.11 Å². The summed E-state index contributed by atoms with van der Waals surface area (Å²) in [7, 11) is 1.51. The van der Waals surface area contributed by atoms with Gasteiger partial charge in [0, 0.05) is 18.6 Å². The number of Topliss-reactive ketones (excluding diaryl/α,β-unsaturated/α-hetero) is 1. The van der Waals surface area contributed by atoms with Gasteiger partial charge in [-0.2, -0.15) is 0 Å². The normalized spacial score (nSPS) is 24.1. The lowest BCUT2D eigenvalue weighted by Crippen LogP contribution is -2.51. The van der Waals surface area contributed by atoms with Gasteiger partial charge >= 0.3 is 0 Å². The van der Waals surface area contributed by atoms with Gasteiger partial charge in [-0.3, -0.25) is 4.79 Å². The van der Waals surface area contributed by atoms with Crippen LogP contribution in [0, 0.1) is 0 Å². The van der Waals surface area contributed by atoms with Crippen LogP contribution in [0.1, 0.15) is 6.42 Å². The Kier molecular flexibility index (Phi) is 3.52. The maximum absolute atomic E-state index is 11.2. The molecule has 0 N–H and O–H groups in total. The molecule has 1 saturated carbocycles. The molecular weight excluding hydrogens is 295 g/mol. The van der Waals surface area contributed by atoms with Crippen LogP contribution in [0.2, 0.25) is 5.02 Å². The van der Waals surface area contributed by atoms with Crippen molar-refractivity contribution in [1.29, 1.82) is 0 Å². The molecule has 0 bridgehead atoms. The molecule has 2 unspecified atom stereocenters. The lowest BCUT2D eigenvalue weighted by Gasteiger charge is -2.33. The molecule has 2 rings (SSSR count). The first kappa shape index (κ1) is 11.9. The Morgan fingerprint density at radius 3 is 2.81 bits per heavy atom. The predicted octanol–water partition coefficient (Wildman–Crippen LogP) is 2.84. The van der Waals surface area contributed by atoms with E-state index in [0.29, 0.717) is 17.2 Å². The molecule has 0 spiro atoms. The van der Waals surface area contributed by atoms with E-state index in [0.717, 1.165) is 4.47 Å². The Morgan fingerprint density at radius 2 is 2.25 bits per heavy atom. The minimum absolute atomic E-state index is 0.0811. The first-order chi connectivity index (χ1) is 7.61. The van der Waals surface area contributed by atoms with Crippen molar-refractivity contribution in [2.45, 2.75) is 18.6 Å². The molecule has 0 heterocycles. The molecule has 0 aromatic heterocycles. The highest BCUT2D eigenvalue weighted by atomic mass is 79.9. The molecule has 3 nitrogen and oxygen atoms in total. The van der Waals surface area contributed by atoms with Gasteiger partial charge in [-0.05, 0) is 34.1 Å². The van der Waals surface area contributed by atoms with E-state index in [2.05, 4.69) is 15.9 Å². The third-order valence-electron chi connectivity index (χ3n) is 2.48. The van der Waals surface area contributed by atoms with Crippen LogP contribution in [-0.4, -0.2) is 25.1 Å². The number of ether oxygens (including phenoxy) is 2. The van der Waals surface area contributed by atoms with Crippen LogP contribution in [-0.2, 0) is 9.53 Å². The molecule has 0 aliphatic heterocycles. The van der Waals surface area contributed by atoms with Crippen LogP contribution in [0.4, 0.5) is 0 Å². The number of carbonyl (C=O) groups excluding carboxylic acids is 1. The molecule has 5 heteroatoms. The largest absolute Gasteiger partial charge is 0.486 e. The number of carbonyl (C=O) groups is 1. The highest BCUT2D eigenvalue weighted by molar-refractivity contribution is 9.10. The van der Waals surface area contributed by atoms with E-state index in [1.807, 2.05) is 0 Å². The second kappa shape index (κ2) is 4.73. The van der Waals surface area contributed by atoms with E-state index in [1.165, 1.54) is 7.11 Å². The Labute approximate surface area is 107 Å². The Bertz CT molecular complexity index is 422. The first-order valence-corrected chi connectivity index (χ1v) is 5.96. The average molecular weight is 306 g/mol. The summed E-state index contributed by atoms with van der Waals surface area (Å²) in [4.78, 5) is 11.2. The molecule has 1 aromatic rings. The number of hydrogen-bond acceptors (Lipinski definition) is 3. The third-order valence-corrected chi connectivity index (χ3v) is 3.34. The zero-order chi connectivity index (χ0) is 11.7. The zero-order valence-electron chi connectivity index (χ0n) is 8.57. The summed E-state index contributed by atoms with van der Waals surface area (Å²) in [6.45, 7) is 0. The topological polar surface area (TPSA) is 35.5 Å². The lowest BCUT2D eigenvalue weighted by atomic mass is 9.90. The summed E-state index contributed by atoms with van der Waals surface area (Å²) >= 11 is 9.17. The van der Waals surface area contributed by atoms with Gasteiger partial charge in [-0.25, -0.2) is 0 Å². The van der Waals surface area contributed by atoms with Crippen molar-refractivity contribution >= 4 is 33.3 Å². The van der Waals surface area contributed by atoms with Gasteiger partial charge in [-0.1, -0.05) is 11.6 Å². The molecule has 0 saturated heterocycles. The van der Waals surface area contributed by atoms with Gasteiger partial charge in [0.1, 0.15) is 11.9 Å². The zero-order valence-corrected chi connectivity index (χ0v) is 10.9. The number of halogens is 2. The summed E-state index contributed by atoms with van der Waals surface area (Å²) in [6.07, 6.45) is -0.245. The van der Waals surface area contributed by atoms with Gasteiger partial charge in [0.05, 0.1) is 4.47 Å². The number of ketones is 1. The van der Waals surface area contributed by atoms with Gasteiger partial charge in [0.2, 0.25) is 0 Å². The standard InChI is InChI=1S/C11H10BrClO3/c1-15-11-8(14)5-10(11)16-9-3-2-6(13)4-7(9)12/h2-4,10-11H,5H2,1H3. The van der Waals surface area contributed by atoms with Crippen LogP contribution in [0.5, 0.6) is 5.75 Å². The molecule has 0 radical (unpaired) electrons. The van der Waals surface area contributed by atoms with Crippen molar-refractivity contribution < 1.29 is 14.3 Å². The molecule has 86 valence electrons. The molecule has 1 aliphatic carbocycles. The molecule has 1 aromatic carbocycles. The Balaban J connectivity index is 2.07. The minimum atomic E-state index is -0.442. The van der Waals surface area contributed by atoms with E-state index in [1.54, 1.807) is 18.2 Å². The smallest absolute Gasteiger partial charge is 0.169 e. The van der Waals surface area contributed by atoms with Crippen molar-refractivity contribution in [3.63, 3.8) is 0 Å². The van der Waals surface area contributed by atoms with Crippen molar-refractivity contribution in [1.82, 2.24) is 0 Å². The van der Waals surface area contributed by atoms with E-state index >= 15 is 0 Å². The minimum Gasteiger partial charge on any atom is -0.486 e. The highest BCUT2D eigenvalue weighted by Crippen LogP contribution is 2.32. The summed E-state index contributed by atoms with van der Waals surface area (Å²) in [6, 6.07) is 5.26. The van der Waals surface area contributed by atoms with Gasteiger partial charge < -0.3 is 9.47 Å². The average Bonchev–Trinajstić information content (AvgIpc) is 2.21. The molecule has 0 amide bonds. The molecule has 2 atom stereocenters. The van der Waals surface area contributed by atoms with Crippen LogP contribution in [0.15, 0.2) is 22.7 Å². The van der Waals surface area contributed by atoms with E-state index in [-0.39, 0.29) is 11.9 Å².